The molecule has 5 rings (SSSR count). The highest BCUT2D eigenvalue weighted by Crippen LogP contribution is 2.35. The van der Waals surface area contributed by atoms with E-state index in [1.807, 2.05) is 36.4 Å². The van der Waals surface area contributed by atoms with Gasteiger partial charge in [0.15, 0.2) is 0 Å². The first kappa shape index (κ1) is 28.0. The Morgan fingerprint density at radius 2 is 1.32 bits per heavy atom. The second-order valence-corrected chi connectivity index (χ2v) is 12.2. The van der Waals surface area contributed by atoms with Crippen molar-refractivity contribution in [2.75, 3.05) is 0 Å². The molecule has 0 aromatic heterocycles. The molecular weight excluding hydrogens is 520 g/mol. The average Bonchev–Trinajstić information content (AvgIpc) is 3.29. The first-order valence-electron chi connectivity index (χ1n) is 12.8. The number of aryl methyl sites for hydroxylation is 1. The molecular formula is C30H32O6S2. The number of hydrogen-bond acceptors (Lipinski definition) is 4. The molecule has 4 aromatic rings. The van der Waals surface area contributed by atoms with Crippen molar-refractivity contribution in [3.8, 4) is 0 Å². The van der Waals surface area contributed by atoms with E-state index in [0.717, 1.165) is 65.1 Å². The van der Waals surface area contributed by atoms with E-state index in [1.54, 1.807) is 24.3 Å². The highest BCUT2D eigenvalue weighted by atomic mass is 32.2. The van der Waals surface area contributed by atoms with Crippen molar-refractivity contribution >= 4 is 53.9 Å². The van der Waals surface area contributed by atoms with Gasteiger partial charge in [-0.05, 0) is 64.8 Å². The second kappa shape index (κ2) is 11.4. The van der Waals surface area contributed by atoms with Crippen LogP contribution in [0.2, 0.25) is 0 Å². The second-order valence-electron chi connectivity index (χ2n) is 9.48. The van der Waals surface area contributed by atoms with Gasteiger partial charge >= 0.3 is 0 Å². The van der Waals surface area contributed by atoms with Crippen molar-refractivity contribution in [1.82, 2.24) is 0 Å². The maximum Gasteiger partial charge on any atom is 0.295 e. The van der Waals surface area contributed by atoms with Gasteiger partial charge in [0.2, 0.25) is 0 Å². The van der Waals surface area contributed by atoms with Crippen LogP contribution in [0.5, 0.6) is 0 Å². The zero-order chi connectivity index (χ0) is 27.5. The van der Waals surface area contributed by atoms with E-state index in [1.165, 1.54) is 6.07 Å². The molecule has 0 saturated heterocycles. The molecule has 0 heterocycles. The molecule has 200 valence electrons. The van der Waals surface area contributed by atoms with Gasteiger partial charge in [-0.25, -0.2) is 0 Å². The number of unbranched alkanes of at least 4 members (excludes halogenated alkanes) is 2. The monoisotopic (exact) mass is 552 g/mol. The summed E-state index contributed by atoms with van der Waals surface area (Å²) in [6.07, 6.45) is 9.39. The number of benzene rings is 4. The normalized spacial score (nSPS) is 12.6. The van der Waals surface area contributed by atoms with Crippen LogP contribution in [-0.4, -0.2) is 25.9 Å². The minimum Gasteiger partial charge on any atom is -0.282 e. The van der Waals surface area contributed by atoms with Gasteiger partial charge in [-0.2, -0.15) is 16.8 Å². The molecule has 0 spiro atoms. The third-order valence-electron chi connectivity index (χ3n) is 6.82. The summed E-state index contributed by atoms with van der Waals surface area (Å²) in [4.78, 5) is 0.0851. The summed E-state index contributed by atoms with van der Waals surface area (Å²) in [5, 5.41) is 2.96. The molecule has 6 nitrogen and oxygen atoms in total. The maximum absolute atomic E-state index is 12.0. The minimum absolute atomic E-state index is 0.0307. The largest absolute Gasteiger partial charge is 0.295 e. The highest BCUT2D eigenvalue weighted by molar-refractivity contribution is 7.86. The number of fused-ring (bicyclic) bond motifs is 1. The van der Waals surface area contributed by atoms with Gasteiger partial charge in [0.1, 0.15) is 9.79 Å². The van der Waals surface area contributed by atoms with Gasteiger partial charge in [-0.1, -0.05) is 93.4 Å². The molecule has 4 aromatic carbocycles. The van der Waals surface area contributed by atoms with Gasteiger partial charge in [0.05, 0.1) is 0 Å². The summed E-state index contributed by atoms with van der Waals surface area (Å²) in [6, 6.07) is 18.0. The van der Waals surface area contributed by atoms with Crippen molar-refractivity contribution in [1.29, 1.82) is 0 Å². The molecule has 0 fully saturated rings. The molecule has 38 heavy (non-hydrogen) atoms. The van der Waals surface area contributed by atoms with E-state index in [0.29, 0.717) is 17.2 Å². The van der Waals surface area contributed by atoms with Gasteiger partial charge in [-0.3, -0.25) is 9.11 Å². The van der Waals surface area contributed by atoms with E-state index >= 15 is 0 Å². The molecule has 8 heteroatoms. The SMILES string of the molecule is CCCCc1cc2ccccc2c(S(=O)(=O)O)c1CCCC.O=S(=O)(O)c1ccc2c3c(cccc13)C=C2. The molecule has 2 N–H and O–H groups in total. The summed E-state index contributed by atoms with van der Waals surface area (Å²) in [7, 11) is -8.40. The zero-order valence-corrected chi connectivity index (χ0v) is 23.1. The third kappa shape index (κ3) is 5.83. The van der Waals surface area contributed by atoms with Crippen molar-refractivity contribution < 1.29 is 25.9 Å². The lowest BCUT2D eigenvalue weighted by Gasteiger charge is -2.16. The summed E-state index contributed by atoms with van der Waals surface area (Å²) < 4.78 is 65.4. The van der Waals surface area contributed by atoms with E-state index < -0.39 is 20.2 Å². The highest BCUT2D eigenvalue weighted by Gasteiger charge is 2.22. The Morgan fingerprint density at radius 3 is 1.97 bits per heavy atom. The van der Waals surface area contributed by atoms with Crippen LogP contribution < -0.4 is 0 Å². The smallest absolute Gasteiger partial charge is 0.282 e. The first-order chi connectivity index (χ1) is 18.1. The lowest BCUT2D eigenvalue weighted by molar-refractivity contribution is 0.481. The molecule has 0 amide bonds. The standard InChI is InChI=1S/C18H24O3S.C12H8O3S/c1-3-5-9-14-13-15-10-7-8-12-17(15)18(22(19,20)21)16(14)11-6-4-2;13-16(14,15)11-7-6-9-5-4-8-2-1-3-10(11)12(8)9/h7-8,10,12-13H,3-6,9,11H2,1-2H3,(H,19,20,21);1-7H,(H,13,14,15). The Bertz CT molecular complexity index is 1720. The summed E-state index contributed by atoms with van der Waals surface area (Å²) in [5.74, 6) is 0. The fraction of sp³-hybridized carbons (Fsp3) is 0.267. The lowest BCUT2D eigenvalue weighted by atomic mass is 9.94. The van der Waals surface area contributed by atoms with E-state index in [9.17, 15) is 21.4 Å². The Morgan fingerprint density at radius 1 is 0.684 bits per heavy atom. The number of hydrogen-bond donors (Lipinski definition) is 2. The maximum atomic E-state index is 12.0. The Labute approximate surface area is 224 Å². The average molecular weight is 553 g/mol. The van der Waals surface area contributed by atoms with Gasteiger partial charge in [0.25, 0.3) is 20.2 Å². The Balaban J connectivity index is 0.000000185. The molecule has 0 saturated carbocycles. The predicted octanol–water partition coefficient (Wildman–Crippen LogP) is 7.34. The molecule has 0 atom stereocenters. The Hall–Kier alpha value is -3.04. The lowest BCUT2D eigenvalue weighted by Crippen LogP contribution is -2.08. The molecule has 1 aliphatic rings. The van der Waals surface area contributed by atoms with Crippen LogP contribution in [0.25, 0.3) is 33.7 Å². The van der Waals surface area contributed by atoms with Gasteiger partial charge < -0.3 is 0 Å². The van der Waals surface area contributed by atoms with Crippen LogP contribution in [0.15, 0.2) is 70.5 Å². The van der Waals surface area contributed by atoms with E-state index in [4.69, 9.17) is 4.55 Å². The Kier molecular flexibility index (Phi) is 8.37. The summed E-state index contributed by atoms with van der Waals surface area (Å²) in [5.41, 5.74) is 3.83. The fourth-order valence-electron chi connectivity index (χ4n) is 5.04. The van der Waals surface area contributed by atoms with Crippen LogP contribution in [0, 0.1) is 0 Å². The van der Waals surface area contributed by atoms with Crippen molar-refractivity contribution in [2.24, 2.45) is 0 Å². The van der Waals surface area contributed by atoms with Gasteiger partial charge in [-0.15, -0.1) is 0 Å². The molecule has 0 radical (unpaired) electrons. The summed E-state index contributed by atoms with van der Waals surface area (Å²) >= 11 is 0. The van der Waals surface area contributed by atoms with Crippen LogP contribution in [0.3, 0.4) is 0 Å². The van der Waals surface area contributed by atoms with E-state index in [2.05, 4.69) is 19.9 Å². The molecule has 0 unspecified atom stereocenters. The third-order valence-corrected chi connectivity index (χ3v) is 8.71. The molecule has 0 bridgehead atoms. The van der Waals surface area contributed by atoms with E-state index in [-0.39, 0.29) is 9.79 Å². The van der Waals surface area contributed by atoms with Crippen LogP contribution in [0.1, 0.15) is 61.8 Å². The van der Waals surface area contributed by atoms with Crippen LogP contribution in [0.4, 0.5) is 0 Å². The minimum atomic E-state index is -4.24. The zero-order valence-electron chi connectivity index (χ0n) is 21.5. The van der Waals surface area contributed by atoms with Crippen LogP contribution >= 0.6 is 0 Å². The quantitative estimate of drug-likeness (QED) is 0.195. The van der Waals surface area contributed by atoms with Gasteiger partial charge in [0, 0.05) is 10.8 Å². The number of rotatable bonds is 8. The molecule has 0 aliphatic heterocycles. The van der Waals surface area contributed by atoms with Crippen LogP contribution in [-0.2, 0) is 33.1 Å². The van der Waals surface area contributed by atoms with Crippen molar-refractivity contribution in [3.63, 3.8) is 0 Å². The predicted molar refractivity (Wildman–Crippen MR) is 154 cm³/mol. The topological polar surface area (TPSA) is 109 Å². The first-order valence-corrected chi connectivity index (χ1v) is 15.7. The van der Waals surface area contributed by atoms with Crippen molar-refractivity contribution in [3.05, 3.63) is 82.9 Å². The summed E-state index contributed by atoms with van der Waals surface area (Å²) in [6.45, 7) is 4.20. The van der Waals surface area contributed by atoms with Crippen molar-refractivity contribution in [2.45, 2.75) is 62.2 Å². The molecule has 1 aliphatic carbocycles. The fourth-order valence-corrected chi connectivity index (χ4v) is 6.74.